The Labute approximate surface area is 87.2 Å². The molecular formula is C9H14N2O4. The second-order valence-electron chi connectivity index (χ2n) is 3.79. The number of amides is 2. The number of hydrogen-bond acceptors (Lipinski definition) is 4. The van der Waals surface area contributed by atoms with Gasteiger partial charge in [0.2, 0.25) is 11.8 Å². The van der Waals surface area contributed by atoms with Crippen LogP contribution in [0, 0.1) is 0 Å². The number of hydrogen-bond donors (Lipinski definition) is 2. The molecule has 6 nitrogen and oxygen atoms in total. The van der Waals surface area contributed by atoms with Crippen LogP contribution in [0.2, 0.25) is 0 Å². The smallest absolute Gasteiger partial charge is 0.317 e. The van der Waals surface area contributed by atoms with E-state index in [1.165, 1.54) is 4.90 Å². The fourth-order valence-corrected chi connectivity index (χ4v) is 1.62. The molecule has 1 rings (SSSR count). The first-order valence-corrected chi connectivity index (χ1v) is 4.73. The van der Waals surface area contributed by atoms with E-state index in [2.05, 4.69) is 5.32 Å². The van der Waals surface area contributed by atoms with Gasteiger partial charge < -0.3 is 5.11 Å². The molecule has 0 saturated carbocycles. The van der Waals surface area contributed by atoms with Crippen LogP contribution in [0.5, 0.6) is 0 Å². The molecule has 0 radical (unpaired) electrons. The summed E-state index contributed by atoms with van der Waals surface area (Å²) in [5.74, 6) is -1.76. The van der Waals surface area contributed by atoms with Crippen molar-refractivity contribution in [2.45, 2.75) is 32.4 Å². The standard InChI is InChI=1S/C9H14N2O4/c1-5(2)11(4-8(13)14)6-3-7(12)10-9(6)15/h5-6H,3-4H2,1-2H3,(H,13,14)(H,10,12,15). The Balaban J connectivity index is 2.76. The van der Waals surface area contributed by atoms with E-state index in [0.717, 1.165) is 0 Å². The third-order valence-corrected chi connectivity index (χ3v) is 2.33. The molecule has 0 bridgehead atoms. The number of carbonyl (C=O) groups is 3. The molecule has 1 heterocycles. The number of carboxylic acid groups (broad SMARTS) is 1. The Morgan fingerprint density at radius 2 is 2.20 bits per heavy atom. The van der Waals surface area contributed by atoms with Crippen molar-refractivity contribution in [2.75, 3.05) is 6.54 Å². The number of rotatable bonds is 4. The zero-order chi connectivity index (χ0) is 11.6. The number of aliphatic carboxylic acids is 1. The number of imide groups is 1. The number of nitrogens with one attached hydrogen (secondary N) is 1. The lowest BCUT2D eigenvalue weighted by Gasteiger charge is -2.28. The molecule has 1 saturated heterocycles. The monoisotopic (exact) mass is 214 g/mol. The van der Waals surface area contributed by atoms with Gasteiger partial charge >= 0.3 is 5.97 Å². The van der Waals surface area contributed by atoms with Crippen LogP contribution in [0.3, 0.4) is 0 Å². The first kappa shape index (κ1) is 11.6. The molecule has 1 aliphatic heterocycles. The Kier molecular flexibility index (Phi) is 3.41. The lowest BCUT2D eigenvalue weighted by atomic mass is 10.1. The zero-order valence-corrected chi connectivity index (χ0v) is 8.69. The summed E-state index contributed by atoms with van der Waals surface area (Å²) < 4.78 is 0. The maximum Gasteiger partial charge on any atom is 0.317 e. The minimum atomic E-state index is -1.00. The molecule has 2 N–H and O–H groups in total. The van der Waals surface area contributed by atoms with Gasteiger partial charge in [-0.3, -0.25) is 24.6 Å². The van der Waals surface area contributed by atoms with Crippen molar-refractivity contribution < 1.29 is 19.5 Å². The van der Waals surface area contributed by atoms with E-state index in [1.54, 1.807) is 13.8 Å². The summed E-state index contributed by atoms with van der Waals surface area (Å²) in [5.41, 5.74) is 0. The predicted octanol–water partition coefficient (Wildman–Crippen LogP) is -0.803. The maximum atomic E-state index is 11.3. The summed E-state index contributed by atoms with van der Waals surface area (Å²) in [7, 11) is 0. The molecule has 1 unspecified atom stereocenters. The second kappa shape index (κ2) is 4.39. The van der Waals surface area contributed by atoms with Gasteiger partial charge in [0.15, 0.2) is 0 Å². The van der Waals surface area contributed by atoms with Crippen LogP contribution < -0.4 is 5.32 Å². The largest absolute Gasteiger partial charge is 0.480 e. The van der Waals surface area contributed by atoms with Gasteiger partial charge in [0, 0.05) is 6.04 Å². The third kappa shape index (κ3) is 2.76. The zero-order valence-electron chi connectivity index (χ0n) is 8.69. The van der Waals surface area contributed by atoms with Gasteiger partial charge in [-0.25, -0.2) is 0 Å². The molecule has 6 heteroatoms. The van der Waals surface area contributed by atoms with Crippen LogP contribution in [0.15, 0.2) is 0 Å². The van der Waals surface area contributed by atoms with Gasteiger partial charge in [-0.2, -0.15) is 0 Å². The average Bonchev–Trinajstić information content (AvgIpc) is 2.40. The summed E-state index contributed by atoms with van der Waals surface area (Å²) in [4.78, 5) is 34.4. The van der Waals surface area contributed by atoms with E-state index in [1.807, 2.05) is 0 Å². The molecule has 2 amide bonds. The lowest BCUT2D eigenvalue weighted by Crippen LogP contribution is -2.47. The highest BCUT2D eigenvalue weighted by Crippen LogP contribution is 2.13. The fourth-order valence-electron chi connectivity index (χ4n) is 1.62. The normalized spacial score (nSPS) is 21.2. The van der Waals surface area contributed by atoms with Crippen molar-refractivity contribution in [3.63, 3.8) is 0 Å². The topological polar surface area (TPSA) is 86.7 Å². The lowest BCUT2D eigenvalue weighted by molar-refractivity contribution is -0.140. The van der Waals surface area contributed by atoms with Gasteiger partial charge in [0.25, 0.3) is 0 Å². The van der Waals surface area contributed by atoms with Gasteiger partial charge in [-0.15, -0.1) is 0 Å². The molecule has 0 aromatic carbocycles. The molecule has 0 aromatic rings. The molecule has 1 aliphatic rings. The molecule has 1 fully saturated rings. The summed E-state index contributed by atoms with van der Waals surface area (Å²) in [6.45, 7) is 3.35. The Morgan fingerprint density at radius 1 is 1.60 bits per heavy atom. The van der Waals surface area contributed by atoms with Crippen molar-refractivity contribution >= 4 is 17.8 Å². The van der Waals surface area contributed by atoms with E-state index in [4.69, 9.17) is 5.11 Å². The Bertz CT molecular complexity index is 300. The molecule has 84 valence electrons. The number of nitrogens with zero attached hydrogens (tertiary/aromatic N) is 1. The fraction of sp³-hybridized carbons (Fsp3) is 0.667. The van der Waals surface area contributed by atoms with E-state index < -0.39 is 17.9 Å². The first-order chi connectivity index (χ1) is 6.91. The van der Waals surface area contributed by atoms with Crippen LogP contribution >= 0.6 is 0 Å². The van der Waals surface area contributed by atoms with Crippen LogP contribution in [0.1, 0.15) is 20.3 Å². The van der Waals surface area contributed by atoms with Crippen molar-refractivity contribution in [3.8, 4) is 0 Å². The van der Waals surface area contributed by atoms with E-state index in [9.17, 15) is 14.4 Å². The van der Waals surface area contributed by atoms with Crippen molar-refractivity contribution in [3.05, 3.63) is 0 Å². The van der Waals surface area contributed by atoms with Gasteiger partial charge in [0.1, 0.15) is 0 Å². The summed E-state index contributed by atoms with van der Waals surface area (Å²) in [5, 5.41) is 10.8. The van der Waals surface area contributed by atoms with Gasteiger partial charge in [-0.1, -0.05) is 0 Å². The average molecular weight is 214 g/mol. The Morgan fingerprint density at radius 3 is 2.53 bits per heavy atom. The first-order valence-electron chi connectivity index (χ1n) is 4.73. The summed E-state index contributed by atoms with van der Waals surface area (Å²) in [6, 6.07) is -0.739. The molecule has 0 aromatic heterocycles. The summed E-state index contributed by atoms with van der Waals surface area (Å²) in [6.07, 6.45) is 0.0459. The SMILES string of the molecule is CC(C)N(CC(=O)O)C1CC(=O)NC1=O. The highest BCUT2D eigenvalue weighted by atomic mass is 16.4. The highest BCUT2D eigenvalue weighted by Gasteiger charge is 2.37. The van der Waals surface area contributed by atoms with Crippen LogP contribution in [-0.2, 0) is 14.4 Å². The van der Waals surface area contributed by atoms with Crippen molar-refractivity contribution in [1.82, 2.24) is 10.2 Å². The second-order valence-corrected chi connectivity index (χ2v) is 3.79. The highest BCUT2D eigenvalue weighted by molar-refractivity contribution is 6.05. The molecule has 0 spiro atoms. The quantitative estimate of drug-likeness (QED) is 0.598. The van der Waals surface area contributed by atoms with Crippen LogP contribution in [0.4, 0.5) is 0 Å². The molecule has 1 atom stereocenters. The molecular weight excluding hydrogens is 200 g/mol. The molecule has 0 aliphatic carbocycles. The number of carboxylic acids is 1. The minimum absolute atomic E-state index is 0.0459. The predicted molar refractivity (Wildman–Crippen MR) is 51.0 cm³/mol. The van der Waals surface area contributed by atoms with E-state index in [-0.39, 0.29) is 24.9 Å². The molecule has 15 heavy (non-hydrogen) atoms. The van der Waals surface area contributed by atoms with Crippen LogP contribution in [-0.4, -0.2) is 46.4 Å². The van der Waals surface area contributed by atoms with Gasteiger partial charge in [0.05, 0.1) is 19.0 Å². The van der Waals surface area contributed by atoms with E-state index in [0.29, 0.717) is 0 Å². The number of carbonyl (C=O) groups excluding carboxylic acids is 2. The van der Waals surface area contributed by atoms with Crippen molar-refractivity contribution in [1.29, 1.82) is 0 Å². The minimum Gasteiger partial charge on any atom is -0.480 e. The van der Waals surface area contributed by atoms with Gasteiger partial charge in [-0.05, 0) is 13.8 Å². The van der Waals surface area contributed by atoms with Crippen LogP contribution in [0.25, 0.3) is 0 Å². The summed E-state index contributed by atoms with van der Waals surface area (Å²) >= 11 is 0. The third-order valence-electron chi connectivity index (χ3n) is 2.33. The Hall–Kier alpha value is -1.43. The maximum absolute atomic E-state index is 11.3. The van der Waals surface area contributed by atoms with E-state index >= 15 is 0 Å². The van der Waals surface area contributed by atoms with Crippen molar-refractivity contribution in [2.24, 2.45) is 0 Å².